The van der Waals surface area contributed by atoms with E-state index in [0.717, 1.165) is 23.3 Å². The summed E-state index contributed by atoms with van der Waals surface area (Å²) in [7, 11) is 0. The average Bonchev–Trinajstić information content (AvgIpc) is 2.45. The number of aromatic nitrogens is 2. The molecular weight excluding hydrogens is 269 g/mol. The van der Waals surface area contributed by atoms with Crippen LogP contribution >= 0.6 is 0 Å². The molecule has 1 aromatic carbocycles. The first-order valence-corrected chi connectivity index (χ1v) is 5.88. The van der Waals surface area contributed by atoms with Gasteiger partial charge >= 0.3 is 6.18 Å². The van der Waals surface area contributed by atoms with Gasteiger partial charge in [0.15, 0.2) is 0 Å². The molecule has 0 saturated carbocycles. The van der Waals surface area contributed by atoms with E-state index in [1.54, 1.807) is 12.4 Å². The van der Waals surface area contributed by atoms with Gasteiger partial charge in [-0.3, -0.25) is 11.3 Å². The third kappa shape index (κ3) is 3.52. The van der Waals surface area contributed by atoms with Gasteiger partial charge in [-0.05, 0) is 24.1 Å². The van der Waals surface area contributed by atoms with Crippen LogP contribution in [0.15, 0.2) is 43.0 Å². The van der Waals surface area contributed by atoms with Crippen molar-refractivity contribution in [2.75, 3.05) is 0 Å². The summed E-state index contributed by atoms with van der Waals surface area (Å²) in [4.78, 5) is 7.77. The molecule has 7 heteroatoms. The fourth-order valence-electron chi connectivity index (χ4n) is 1.83. The highest BCUT2D eigenvalue weighted by molar-refractivity contribution is 5.26. The van der Waals surface area contributed by atoms with Crippen molar-refractivity contribution in [3.8, 4) is 0 Å². The van der Waals surface area contributed by atoms with E-state index in [4.69, 9.17) is 5.84 Å². The molecule has 106 valence electrons. The van der Waals surface area contributed by atoms with E-state index in [-0.39, 0.29) is 6.04 Å². The minimum atomic E-state index is -4.32. The molecule has 4 nitrogen and oxygen atoms in total. The smallest absolute Gasteiger partial charge is 0.271 e. The van der Waals surface area contributed by atoms with Gasteiger partial charge in [-0.15, -0.1) is 0 Å². The first-order chi connectivity index (χ1) is 9.50. The Morgan fingerprint density at radius 2 is 1.70 bits per heavy atom. The highest BCUT2D eigenvalue weighted by atomic mass is 19.4. The fourth-order valence-corrected chi connectivity index (χ4v) is 1.83. The zero-order valence-electron chi connectivity index (χ0n) is 10.4. The maximum absolute atomic E-state index is 12.5. The first kappa shape index (κ1) is 14.4. The Kier molecular flexibility index (Phi) is 4.31. The van der Waals surface area contributed by atoms with Gasteiger partial charge in [0.25, 0.3) is 0 Å². The highest BCUT2D eigenvalue weighted by Gasteiger charge is 2.30. The Labute approximate surface area is 113 Å². The van der Waals surface area contributed by atoms with Crippen LogP contribution in [-0.4, -0.2) is 9.97 Å². The van der Waals surface area contributed by atoms with Gasteiger partial charge in [0.05, 0.1) is 11.6 Å². The van der Waals surface area contributed by atoms with Gasteiger partial charge < -0.3 is 0 Å². The van der Waals surface area contributed by atoms with E-state index >= 15 is 0 Å². The van der Waals surface area contributed by atoms with Crippen LogP contribution in [0.3, 0.4) is 0 Å². The molecule has 0 bridgehead atoms. The Morgan fingerprint density at radius 3 is 2.20 bits per heavy atom. The van der Waals surface area contributed by atoms with E-state index in [2.05, 4.69) is 15.4 Å². The van der Waals surface area contributed by atoms with Crippen molar-refractivity contribution in [3.05, 3.63) is 59.7 Å². The predicted octanol–water partition coefficient (Wildman–Crippen LogP) is 2.24. The number of hydrogen-bond acceptors (Lipinski definition) is 4. The largest absolute Gasteiger partial charge is 0.416 e. The average molecular weight is 282 g/mol. The van der Waals surface area contributed by atoms with Crippen LogP contribution in [0, 0.1) is 0 Å². The zero-order valence-corrected chi connectivity index (χ0v) is 10.4. The number of nitrogens with zero attached hydrogens (tertiary/aromatic N) is 2. The van der Waals surface area contributed by atoms with Crippen molar-refractivity contribution in [2.24, 2.45) is 5.84 Å². The standard InChI is InChI=1S/C13H13F3N4/c14-13(15,16)11-3-1-9(2-4-11)5-12(20-17)10-6-18-8-19-7-10/h1-4,6-8,12,20H,5,17H2. The summed E-state index contributed by atoms with van der Waals surface area (Å²) >= 11 is 0. The lowest BCUT2D eigenvalue weighted by Crippen LogP contribution is -2.29. The number of nitrogens with two attached hydrogens (primary N) is 1. The Hall–Kier alpha value is -1.99. The molecule has 3 N–H and O–H groups in total. The Morgan fingerprint density at radius 1 is 1.10 bits per heavy atom. The molecule has 2 aromatic rings. The molecule has 0 spiro atoms. The summed E-state index contributed by atoms with van der Waals surface area (Å²) in [6, 6.07) is 4.75. The van der Waals surface area contributed by atoms with Crippen LogP contribution in [0.1, 0.15) is 22.7 Å². The van der Waals surface area contributed by atoms with Gasteiger partial charge in [-0.25, -0.2) is 9.97 Å². The maximum Gasteiger partial charge on any atom is 0.416 e. The lowest BCUT2D eigenvalue weighted by molar-refractivity contribution is -0.137. The van der Waals surface area contributed by atoms with Crippen LogP contribution in [0.2, 0.25) is 0 Å². The summed E-state index contributed by atoms with van der Waals surface area (Å²) in [5, 5.41) is 0. The number of halogens is 3. The van der Waals surface area contributed by atoms with Gasteiger partial charge in [0.2, 0.25) is 0 Å². The second kappa shape index (κ2) is 5.98. The lowest BCUT2D eigenvalue weighted by Gasteiger charge is -2.16. The predicted molar refractivity (Wildman–Crippen MR) is 67.2 cm³/mol. The molecule has 0 aliphatic heterocycles. The number of nitrogens with one attached hydrogen (secondary N) is 1. The van der Waals surface area contributed by atoms with E-state index in [9.17, 15) is 13.2 Å². The van der Waals surface area contributed by atoms with Gasteiger partial charge in [0, 0.05) is 18.0 Å². The van der Waals surface area contributed by atoms with Crippen LogP contribution in [-0.2, 0) is 12.6 Å². The normalized spacial score (nSPS) is 13.2. The summed E-state index contributed by atoms with van der Waals surface area (Å²) in [6.45, 7) is 0. The fraction of sp³-hybridized carbons (Fsp3) is 0.231. The van der Waals surface area contributed by atoms with Crippen molar-refractivity contribution < 1.29 is 13.2 Å². The van der Waals surface area contributed by atoms with Gasteiger partial charge in [-0.2, -0.15) is 13.2 Å². The number of hydrogen-bond donors (Lipinski definition) is 2. The number of alkyl halides is 3. The molecular formula is C13H13F3N4. The summed E-state index contributed by atoms with van der Waals surface area (Å²) < 4.78 is 37.4. The summed E-state index contributed by atoms with van der Waals surface area (Å²) in [6.07, 6.45) is 0.748. The second-order valence-corrected chi connectivity index (χ2v) is 4.29. The summed E-state index contributed by atoms with van der Waals surface area (Å²) in [5.41, 5.74) is 3.46. The molecule has 0 amide bonds. The molecule has 2 rings (SSSR count). The molecule has 0 aliphatic carbocycles. The first-order valence-electron chi connectivity index (χ1n) is 5.88. The quantitative estimate of drug-likeness (QED) is 0.667. The van der Waals surface area contributed by atoms with Crippen LogP contribution in [0.4, 0.5) is 13.2 Å². The van der Waals surface area contributed by atoms with E-state index in [1.165, 1.54) is 18.5 Å². The van der Waals surface area contributed by atoms with Crippen molar-refractivity contribution in [2.45, 2.75) is 18.6 Å². The van der Waals surface area contributed by atoms with Gasteiger partial charge in [0.1, 0.15) is 6.33 Å². The summed E-state index contributed by atoms with van der Waals surface area (Å²) in [5.74, 6) is 5.47. The Balaban J connectivity index is 2.13. The highest BCUT2D eigenvalue weighted by Crippen LogP contribution is 2.29. The molecule has 1 atom stereocenters. The van der Waals surface area contributed by atoms with Crippen molar-refractivity contribution >= 4 is 0 Å². The third-order valence-electron chi connectivity index (χ3n) is 2.91. The molecule has 1 heterocycles. The monoisotopic (exact) mass is 282 g/mol. The number of hydrazine groups is 1. The van der Waals surface area contributed by atoms with Crippen LogP contribution in [0.25, 0.3) is 0 Å². The van der Waals surface area contributed by atoms with Crippen molar-refractivity contribution in [3.63, 3.8) is 0 Å². The molecule has 0 aliphatic rings. The lowest BCUT2D eigenvalue weighted by atomic mass is 10.0. The molecule has 1 unspecified atom stereocenters. The topological polar surface area (TPSA) is 63.8 Å². The maximum atomic E-state index is 12.5. The molecule has 1 aromatic heterocycles. The van der Waals surface area contributed by atoms with Gasteiger partial charge in [-0.1, -0.05) is 12.1 Å². The molecule has 0 radical (unpaired) electrons. The van der Waals surface area contributed by atoms with Crippen LogP contribution in [0.5, 0.6) is 0 Å². The minimum absolute atomic E-state index is 0.257. The number of benzene rings is 1. The van der Waals surface area contributed by atoms with Crippen LogP contribution < -0.4 is 11.3 Å². The number of rotatable bonds is 4. The SMILES string of the molecule is NNC(Cc1ccc(C(F)(F)F)cc1)c1cncnc1. The van der Waals surface area contributed by atoms with E-state index < -0.39 is 11.7 Å². The molecule has 0 saturated heterocycles. The molecule has 0 fully saturated rings. The molecule has 20 heavy (non-hydrogen) atoms. The van der Waals surface area contributed by atoms with E-state index in [1.807, 2.05) is 0 Å². The second-order valence-electron chi connectivity index (χ2n) is 4.29. The zero-order chi connectivity index (χ0) is 14.6. The Bertz CT molecular complexity index is 540. The third-order valence-corrected chi connectivity index (χ3v) is 2.91. The van der Waals surface area contributed by atoms with Crippen molar-refractivity contribution in [1.82, 2.24) is 15.4 Å². The van der Waals surface area contributed by atoms with E-state index in [0.29, 0.717) is 6.42 Å². The van der Waals surface area contributed by atoms with Crippen molar-refractivity contribution in [1.29, 1.82) is 0 Å². The minimum Gasteiger partial charge on any atom is -0.271 e.